The summed E-state index contributed by atoms with van der Waals surface area (Å²) in [6, 6.07) is 0. The molecule has 0 saturated carbocycles. The van der Waals surface area contributed by atoms with Gasteiger partial charge in [0.1, 0.15) is 0 Å². The third-order valence-corrected chi connectivity index (χ3v) is 2.61. The van der Waals surface area contributed by atoms with Crippen LogP contribution in [0.1, 0.15) is 34.1 Å². The van der Waals surface area contributed by atoms with Gasteiger partial charge in [0.2, 0.25) is 0 Å². The Bertz CT molecular complexity index is 206. The first-order valence-corrected chi connectivity index (χ1v) is 6.17. The van der Waals surface area contributed by atoms with Crippen LogP contribution in [-0.4, -0.2) is 55.9 Å². The van der Waals surface area contributed by atoms with E-state index in [2.05, 4.69) is 30.8 Å². The smallest absolute Gasteiger partial charge is 0.152 e. The van der Waals surface area contributed by atoms with E-state index in [1.54, 1.807) is 0 Å². The molecule has 0 aliphatic heterocycles. The minimum absolute atomic E-state index is 0.218. The van der Waals surface area contributed by atoms with Crippen molar-refractivity contribution in [1.29, 1.82) is 0 Å². The highest BCUT2D eigenvalue weighted by atomic mass is 16.1. The molecule has 0 unspecified atom stereocenters. The fraction of sp³-hybridized carbons (Fsp3) is 0.923. The average molecular weight is 228 g/mol. The van der Waals surface area contributed by atoms with Gasteiger partial charge in [-0.05, 0) is 27.1 Å². The second-order valence-electron chi connectivity index (χ2n) is 5.75. The first-order chi connectivity index (χ1) is 7.27. The standard InChI is InChI=1S/C13H28N2O/c1-7-8-15(10-9-14(5)6)11-12(16)13(2,3)4/h7-11H2,1-6H3. The molecule has 0 aromatic heterocycles. The maximum atomic E-state index is 11.9. The van der Waals surface area contributed by atoms with E-state index in [1.165, 1.54) is 0 Å². The Balaban J connectivity index is 4.17. The van der Waals surface area contributed by atoms with Crippen molar-refractivity contribution in [3.05, 3.63) is 0 Å². The highest BCUT2D eigenvalue weighted by Gasteiger charge is 2.23. The Kier molecular flexibility index (Phi) is 6.84. The van der Waals surface area contributed by atoms with Gasteiger partial charge in [-0.3, -0.25) is 9.69 Å². The summed E-state index contributed by atoms with van der Waals surface area (Å²) in [6.45, 7) is 11.7. The van der Waals surface area contributed by atoms with Crippen LogP contribution in [0.2, 0.25) is 0 Å². The van der Waals surface area contributed by atoms with Crippen LogP contribution in [0, 0.1) is 5.41 Å². The van der Waals surface area contributed by atoms with Gasteiger partial charge in [-0.2, -0.15) is 0 Å². The molecule has 0 fully saturated rings. The molecule has 0 aliphatic rings. The highest BCUT2D eigenvalue weighted by molar-refractivity contribution is 5.85. The minimum Gasteiger partial charge on any atom is -0.308 e. The highest BCUT2D eigenvalue weighted by Crippen LogP contribution is 2.15. The number of likely N-dealkylation sites (N-methyl/N-ethyl adjacent to an activating group) is 1. The third kappa shape index (κ3) is 6.96. The summed E-state index contributed by atoms with van der Waals surface area (Å²) in [5.74, 6) is 0.333. The van der Waals surface area contributed by atoms with Crippen molar-refractivity contribution < 1.29 is 4.79 Å². The Morgan fingerprint density at radius 2 is 1.62 bits per heavy atom. The zero-order valence-electron chi connectivity index (χ0n) is 11.8. The maximum Gasteiger partial charge on any atom is 0.152 e. The van der Waals surface area contributed by atoms with Crippen molar-refractivity contribution in [3.8, 4) is 0 Å². The summed E-state index contributed by atoms with van der Waals surface area (Å²) in [4.78, 5) is 16.4. The molecular formula is C13H28N2O. The van der Waals surface area contributed by atoms with E-state index in [-0.39, 0.29) is 5.41 Å². The predicted molar refractivity (Wildman–Crippen MR) is 69.7 cm³/mol. The summed E-state index contributed by atoms with van der Waals surface area (Å²) >= 11 is 0. The lowest BCUT2D eigenvalue weighted by Gasteiger charge is -2.26. The number of hydrogen-bond acceptors (Lipinski definition) is 3. The molecule has 0 rings (SSSR count). The molecule has 3 heteroatoms. The van der Waals surface area contributed by atoms with Crippen molar-refractivity contribution in [3.63, 3.8) is 0 Å². The average Bonchev–Trinajstić information content (AvgIpc) is 2.12. The number of Topliss-reactive ketones (excluding diaryl/α,β-unsaturated/α-hetero) is 1. The van der Waals surface area contributed by atoms with E-state index in [0.29, 0.717) is 12.3 Å². The van der Waals surface area contributed by atoms with Crippen molar-refractivity contribution in [2.24, 2.45) is 5.41 Å². The summed E-state index contributed by atoms with van der Waals surface area (Å²) in [6.07, 6.45) is 1.10. The summed E-state index contributed by atoms with van der Waals surface area (Å²) < 4.78 is 0. The second kappa shape index (κ2) is 7.02. The second-order valence-corrected chi connectivity index (χ2v) is 5.75. The zero-order valence-corrected chi connectivity index (χ0v) is 11.8. The Hall–Kier alpha value is -0.410. The van der Waals surface area contributed by atoms with Gasteiger partial charge in [-0.15, -0.1) is 0 Å². The molecule has 0 aromatic carbocycles. The molecule has 0 N–H and O–H groups in total. The number of nitrogens with zero attached hydrogens (tertiary/aromatic N) is 2. The van der Waals surface area contributed by atoms with E-state index in [9.17, 15) is 4.79 Å². The van der Waals surface area contributed by atoms with E-state index in [0.717, 1.165) is 26.1 Å². The van der Waals surface area contributed by atoms with Crippen LogP contribution in [0.25, 0.3) is 0 Å². The van der Waals surface area contributed by atoms with Crippen LogP contribution in [0.5, 0.6) is 0 Å². The van der Waals surface area contributed by atoms with Crippen LogP contribution in [0.15, 0.2) is 0 Å². The monoisotopic (exact) mass is 228 g/mol. The Morgan fingerprint density at radius 3 is 2.00 bits per heavy atom. The number of rotatable bonds is 7. The van der Waals surface area contributed by atoms with E-state index < -0.39 is 0 Å². The number of hydrogen-bond donors (Lipinski definition) is 0. The van der Waals surface area contributed by atoms with Crippen LogP contribution < -0.4 is 0 Å². The fourth-order valence-corrected chi connectivity index (χ4v) is 1.37. The lowest BCUT2D eigenvalue weighted by atomic mass is 9.90. The Labute approximate surface area is 101 Å². The van der Waals surface area contributed by atoms with Gasteiger partial charge >= 0.3 is 0 Å². The van der Waals surface area contributed by atoms with Crippen LogP contribution >= 0.6 is 0 Å². The molecule has 0 aromatic rings. The van der Waals surface area contributed by atoms with Gasteiger partial charge in [0, 0.05) is 18.5 Å². The van der Waals surface area contributed by atoms with Gasteiger partial charge in [-0.25, -0.2) is 0 Å². The topological polar surface area (TPSA) is 23.6 Å². The third-order valence-electron chi connectivity index (χ3n) is 2.61. The molecule has 0 atom stereocenters. The van der Waals surface area contributed by atoms with Crippen molar-refractivity contribution in [1.82, 2.24) is 9.80 Å². The van der Waals surface area contributed by atoms with Gasteiger partial charge < -0.3 is 4.90 Å². The summed E-state index contributed by atoms with van der Waals surface area (Å²) in [7, 11) is 4.13. The molecule has 0 heterocycles. The van der Waals surface area contributed by atoms with E-state index >= 15 is 0 Å². The van der Waals surface area contributed by atoms with E-state index in [4.69, 9.17) is 0 Å². The molecule has 16 heavy (non-hydrogen) atoms. The first kappa shape index (κ1) is 15.6. The first-order valence-electron chi connectivity index (χ1n) is 6.17. The quantitative estimate of drug-likeness (QED) is 0.664. The maximum absolute atomic E-state index is 11.9. The van der Waals surface area contributed by atoms with Crippen molar-refractivity contribution in [2.45, 2.75) is 34.1 Å². The zero-order chi connectivity index (χ0) is 12.8. The molecule has 0 spiro atoms. The summed E-state index contributed by atoms with van der Waals surface area (Å²) in [5.41, 5.74) is -0.218. The van der Waals surface area contributed by atoms with E-state index in [1.807, 2.05) is 20.8 Å². The molecular weight excluding hydrogens is 200 g/mol. The van der Waals surface area contributed by atoms with Crippen molar-refractivity contribution >= 4 is 5.78 Å². The molecule has 0 saturated heterocycles. The normalized spacial score (nSPS) is 12.5. The predicted octanol–water partition coefficient (Wildman–Crippen LogP) is 1.88. The van der Waals surface area contributed by atoms with Gasteiger partial charge in [0.25, 0.3) is 0 Å². The molecule has 0 amide bonds. The number of carbonyl (C=O) groups excluding carboxylic acids is 1. The lowest BCUT2D eigenvalue weighted by molar-refractivity contribution is -0.127. The van der Waals surface area contributed by atoms with Gasteiger partial charge in [0.05, 0.1) is 6.54 Å². The van der Waals surface area contributed by atoms with Crippen LogP contribution in [0.3, 0.4) is 0 Å². The molecule has 3 nitrogen and oxygen atoms in total. The Morgan fingerprint density at radius 1 is 1.06 bits per heavy atom. The minimum atomic E-state index is -0.218. The fourth-order valence-electron chi connectivity index (χ4n) is 1.37. The summed E-state index contributed by atoms with van der Waals surface area (Å²) in [5, 5.41) is 0. The van der Waals surface area contributed by atoms with Crippen molar-refractivity contribution in [2.75, 3.05) is 40.3 Å². The number of carbonyl (C=O) groups is 1. The van der Waals surface area contributed by atoms with Crippen LogP contribution in [-0.2, 0) is 4.79 Å². The molecule has 0 aliphatic carbocycles. The SMILES string of the molecule is CCCN(CCN(C)C)CC(=O)C(C)(C)C. The largest absolute Gasteiger partial charge is 0.308 e. The lowest BCUT2D eigenvalue weighted by Crippen LogP contribution is -2.39. The number of ketones is 1. The van der Waals surface area contributed by atoms with Crippen LogP contribution in [0.4, 0.5) is 0 Å². The van der Waals surface area contributed by atoms with Gasteiger partial charge in [-0.1, -0.05) is 27.7 Å². The molecule has 0 bridgehead atoms. The molecule has 0 radical (unpaired) electrons. The van der Waals surface area contributed by atoms with Gasteiger partial charge in [0.15, 0.2) is 5.78 Å². The molecule has 96 valence electrons.